The third kappa shape index (κ3) is 2.69. The summed E-state index contributed by atoms with van der Waals surface area (Å²) in [7, 11) is 0. The van der Waals surface area contributed by atoms with Crippen LogP contribution >= 0.6 is 11.6 Å². The molecule has 2 aliphatic rings. The first-order valence-electron chi connectivity index (χ1n) is 8.51. The van der Waals surface area contributed by atoms with Crippen molar-refractivity contribution in [3.8, 4) is 11.4 Å². The number of aromatic nitrogens is 4. The molecule has 1 aromatic carbocycles. The summed E-state index contributed by atoms with van der Waals surface area (Å²) in [5.41, 5.74) is 0.841. The normalized spacial score (nSPS) is 23.7. The third-order valence-electron chi connectivity index (χ3n) is 5.17. The van der Waals surface area contributed by atoms with E-state index in [4.69, 9.17) is 11.6 Å². The van der Waals surface area contributed by atoms with Gasteiger partial charge in [0, 0.05) is 23.2 Å². The second kappa shape index (κ2) is 6.16. The van der Waals surface area contributed by atoms with E-state index in [1.165, 1.54) is 11.2 Å². The lowest BCUT2D eigenvalue weighted by Crippen LogP contribution is -2.42. The molecule has 0 radical (unpaired) electrons. The van der Waals surface area contributed by atoms with Crippen LogP contribution < -0.4 is 0 Å². The number of benzene rings is 1. The van der Waals surface area contributed by atoms with Gasteiger partial charge in [-0.05, 0) is 61.1 Å². The first-order chi connectivity index (χ1) is 11.7. The molecule has 2 bridgehead atoms. The SMILES string of the molecule is CC[C@@H](C(=O)N1C[C@H]2CC[C@H]1C2)n1nnc(-c2ccc(Cl)cc2)n1. The molecular formula is C17H20ClN5O. The first kappa shape index (κ1) is 15.6. The van der Waals surface area contributed by atoms with Crippen molar-refractivity contribution in [2.45, 2.75) is 44.7 Å². The lowest BCUT2D eigenvalue weighted by atomic mass is 10.1. The van der Waals surface area contributed by atoms with Crippen LogP contribution in [-0.4, -0.2) is 43.6 Å². The molecule has 0 spiro atoms. The molecule has 1 saturated carbocycles. The summed E-state index contributed by atoms with van der Waals surface area (Å²) in [6.45, 7) is 2.88. The fourth-order valence-corrected chi connectivity index (χ4v) is 4.02. The number of amides is 1. The molecular weight excluding hydrogens is 326 g/mol. The van der Waals surface area contributed by atoms with Crippen molar-refractivity contribution < 1.29 is 4.79 Å². The smallest absolute Gasteiger partial charge is 0.249 e. The molecule has 1 aromatic heterocycles. The molecule has 24 heavy (non-hydrogen) atoms. The number of piperidine rings is 1. The van der Waals surface area contributed by atoms with Gasteiger partial charge in [-0.1, -0.05) is 18.5 Å². The molecule has 0 unspecified atom stereocenters. The van der Waals surface area contributed by atoms with Crippen LogP contribution in [0.4, 0.5) is 0 Å². The number of carbonyl (C=O) groups is 1. The van der Waals surface area contributed by atoms with Crippen LogP contribution in [0.15, 0.2) is 24.3 Å². The summed E-state index contributed by atoms with van der Waals surface area (Å²) in [6.07, 6.45) is 4.20. The highest BCUT2D eigenvalue weighted by molar-refractivity contribution is 6.30. The van der Waals surface area contributed by atoms with E-state index in [9.17, 15) is 4.79 Å². The number of tetrazole rings is 1. The summed E-state index contributed by atoms with van der Waals surface area (Å²) in [6, 6.07) is 7.33. The quantitative estimate of drug-likeness (QED) is 0.854. The number of hydrogen-bond acceptors (Lipinski definition) is 4. The summed E-state index contributed by atoms with van der Waals surface area (Å²) in [4.78, 5) is 16.4. The maximum atomic E-state index is 12.9. The zero-order valence-electron chi connectivity index (χ0n) is 13.6. The molecule has 4 rings (SSSR count). The molecule has 3 atom stereocenters. The Hall–Kier alpha value is -1.95. The minimum absolute atomic E-state index is 0.129. The Balaban J connectivity index is 1.55. The monoisotopic (exact) mass is 345 g/mol. The van der Waals surface area contributed by atoms with Gasteiger partial charge in [-0.3, -0.25) is 4.79 Å². The Morgan fingerprint density at radius 2 is 2.12 bits per heavy atom. The van der Waals surface area contributed by atoms with E-state index in [1.807, 2.05) is 24.0 Å². The van der Waals surface area contributed by atoms with Crippen molar-refractivity contribution in [2.24, 2.45) is 5.92 Å². The minimum Gasteiger partial charge on any atom is -0.338 e. The van der Waals surface area contributed by atoms with E-state index in [-0.39, 0.29) is 11.9 Å². The molecule has 1 aliphatic heterocycles. The Kier molecular flexibility index (Phi) is 4.00. The number of nitrogens with zero attached hydrogens (tertiary/aromatic N) is 5. The van der Waals surface area contributed by atoms with Crippen molar-refractivity contribution in [2.75, 3.05) is 6.54 Å². The van der Waals surface area contributed by atoms with Crippen LogP contribution in [0.25, 0.3) is 11.4 Å². The van der Waals surface area contributed by atoms with Gasteiger partial charge in [-0.2, -0.15) is 4.80 Å². The number of likely N-dealkylation sites (tertiary alicyclic amines) is 1. The Morgan fingerprint density at radius 1 is 1.33 bits per heavy atom. The Bertz CT molecular complexity index is 744. The van der Waals surface area contributed by atoms with Gasteiger partial charge in [0.2, 0.25) is 11.7 Å². The predicted octanol–water partition coefficient (Wildman–Crippen LogP) is 2.96. The summed E-state index contributed by atoms with van der Waals surface area (Å²) in [5, 5.41) is 13.3. The lowest BCUT2D eigenvalue weighted by molar-refractivity contribution is -0.137. The van der Waals surface area contributed by atoms with Gasteiger partial charge in [-0.25, -0.2) is 0 Å². The van der Waals surface area contributed by atoms with E-state index in [0.29, 0.717) is 29.2 Å². The summed E-state index contributed by atoms with van der Waals surface area (Å²) in [5.74, 6) is 1.33. The number of rotatable bonds is 4. The Labute approximate surface area is 145 Å². The second-order valence-electron chi connectivity index (χ2n) is 6.69. The highest BCUT2D eigenvalue weighted by atomic mass is 35.5. The molecule has 1 aliphatic carbocycles. The molecule has 6 nitrogen and oxygen atoms in total. The number of hydrogen-bond donors (Lipinski definition) is 0. The maximum Gasteiger partial charge on any atom is 0.249 e. The predicted molar refractivity (Wildman–Crippen MR) is 90.4 cm³/mol. The molecule has 2 fully saturated rings. The van der Waals surface area contributed by atoms with Crippen molar-refractivity contribution >= 4 is 17.5 Å². The topological polar surface area (TPSA) is 63.9 Å². The third-order valence-corrected chi connectivity index (χ3v) is 5.43. The number of carbonyl (C=O) groups excluding carboxylic acids is 1. The van der Waals surface area contributed by atoms with Gasteiger partial charge in [0.1, 0.15) is 0 Å². The van der Waals surface area contributed by atoms with E-state index < -0.39 is 0 Å². The minimum atomic E-state index is -0.377. The van der Waals surface area contributed by atoms with Crippen molar-refractivity contribution in [1.29, 1.82) is 0 Å². The molecule has 0 N–H and O–H groups in total. The van der Waals surface area contributed by atoms with Crippen LogP contribution in [0, 0.1) is 5.92 Å². The fourth-order valence-electron chi connectivity index (χ4n) is 3.89. The average molecular weight is 346 g/mol. The van der Waals surface area contributed by atoms with E-state index in [1.54, 1.807) is 12.1 Å². The Morgan fingerprint density at radius 3 is 2.75 bits per heavy atom. The highest BCUT2D eigenvalue weighted by Gasteiger charge is 2.42. The van der Waals surface area contributed by atoms with Gasteiger partial charge in [0.25, 0.3) is 0 Å². The van der Waals surface area contributed by atoms with Gasteiger partial charge in [0.15, 0.2) is 6.04 Å². The number of halogens is 1. The highest BCUT2D eigenvalue weighted by Crippen LogP contribution is 2.38. The van der Waals surface area contributed by atoms with Crippen LogP contribution in [0.2, 0.25) is 5.02 Å². The number of fused-ring (bicyclic) bond motifs is 2. The molecule has 7 heteroatoms. The summed E-state index contributed by atoms with van der Waals surface area (Å²) < 4.78 is 0. The maximum absolute atomic E-state index is 12.9. The molecule has 2 heterocycles. The van der Waals surface area contributed by atoms with Crippen molar-refractivity contribution in [1.82, 2.24) is 25.1 Å². The van der Waals surface area contributed by atoms with Crippen LogP contribution in [0.5, 0.6) is 0 Å². The van der Waals surface area contributed by atoms with Crippen molar-refractivity contribution in [3.05, 3.63) is 29.3 Å². The standard InChI is InChI=1S/C17H20ClN5O/c1-2-15(17(24)22-10-11-3-8-14(22)9-11)23-20-16(19-21-23)12-4-6-13(18)7-5-12/h4-7,11,14-15H,2-3,8-10H2,1H3/t11-,14-,15-/m0/s1. The lowest BCUT2D eigenvalue weighted by Gasteiger charge is -2.29. The van der Waals surface area contributed by atoms with E-state index in [0.717, 1.165) is 24.9 Å². The van der Waals surface area contributed by atoms with E-state index >= 15 is 0 Å². The van der Waals surface area contributed by atoms with Crippen molar-refractivity contribution in [3.63, 3.8) is 0 Å². The first-order valence-corrected chi connectivity index (χ1v) is 8.89. The van der Waals surface area contributed by atoms with E-state index in [2.05, 4.69) is 15.4 Å². The molecule has 2 aromatic rings. The summed E-state index contributed by atoms with van der Waals surface area (Å²) >= 11 is 5.91. The van der Waals surface area contributed by atoms with Gasteiger partial charge < -0.3 is 4.90 Å². The van der Waals surface area contributed by atoms with Crippen LogP contribution in [0.3, 0.4) is 0 Å². The fraction of sp³-hybridized carbons (Fsp3) is 0.529. The van der Waals surface area contributed by atoms with Gasteiger partial charge in [-0.15, -0.1) is 10.2 Å². The molecule has 126 valence electrons. The average Bonchev–Trinajstić information content (AvgIpc) is 3.32. The zero-order chi connectivity index (χ0) is 16.7. The largest absolute Gasteiger partial charge is 0.338 e. The molecule has 1 saturated heterocycles. The molecule has 1 amide bonds. The van der Waals surface area contributed by atoms with Gasteiger partial charge in [0.05, 0.1) is 0 Å². The van der Waals surface area contributed by atoms with Gasteiger partial charge >= 0.3 is 0 Å². The van der Waals surface area contributed by atoms with Crippen LogP contribution in [-0.2, 0) is 4.79 Å². The second-order valence-corrected chi connectivity index (χ2v) is 7.12. The van der Waals surface area contributed by atoms with Crippen LogP contribution in [0.1, 0.15) is 38.6 Å². The zero-order valence-corrected chi connectivity index (χ0v) is 14.4.